The van der Waals surface area contributed by atoms with Gasteiger partial charge >= 0.3 is 0 Å². The zero-order chi connectivity index (χ0) is 19.4. The largest absolute Gasteiger partial charge is 0.277 e. The van der Waals surface area contributed by atoms with Gasteiger partial charge in [-0.1, -0.05) is 47.5 Å². The third-order valence-electron chi connectivity index (χ3n) is 4.10. The van der Waals surface area contributed by atoms with E-state index >= 15 is 0 Å². The van der Waals surface area contributed by atoms with E-state index in [0.29, 0.717) is 11.3 Å². The van der Waals surface area contributed by atoms with Gasteiger partial charge in [-0.2, -0.15) is 0 Å². The van der Waals surface area contributed by atoms with Crippen molar-refractivity contribution in [1.29, 1.82) is 0 Å². The number of nitrogens with zero attached hydrogens (tertiary/aromatic N) is 1. The minimum Gasteiger partial charge on any atom is -0.267 e. The summed E-state index contributed by atoms with van der Waals surface area (Å²) in [6.45, 7) is 3.85. The quantitative estimate of drug-likeness (QED) is 0.884. The fraction of sp³-hybridized carbons (Fsp3) is 0.143. The van der Waals surface area contributed by atoms with Gasteiger partial charge in [0.25, 0.3) is 5.91 Å². The molecule has 1 aliphatic rings. The van der Waals surface area contributed by atoms with Crippen LogP contribution in [0.1, 0.15) is 21.5 Å². The van der Waals surface area contributed by atoms with E-state index in [1.807, 2.05) is 26.0 Å². The minimum atomic E-state index is -3.62. The highest BCUT2D eigenvalue weighted by atomic mass is 32.2. The SMILES string of the molecule is Cc1ccc(C(=O)N=C2C=CC(NS(=O)(=O)c3ccc(C)cc3)C=C2)cc1. The highest BCUT2D eigenvalue weighted by molar-refractivity contribution is 7.89. The number of amides is 1. The first-order chi connectivity index (χ1) is 12.8. The maximum atomic E-state index is 12.4. The Morgan fingerprint density at radius 2 is 1.41 bits per heavy atom. The van der Waals surface area contributed by atoms with Gasteiger partial charge in [-0.3, -0.25) is 4.79 Å². The van der Waals surface area contributed by atoms with Crippen molar-refractivity contribution in [1.82, 2.24) is 4.72 Å². The van der Waals surface area contributed by atoms with E-state index in [4.69, 9.17) is 0 Å². The Morgan fingerprint density at radius 3 is 1.96 bits per heavy atom. The lowest BCUT2D eigenvalue weighted by atomic mass is 10.1. The zero-order valence-electron chi connectivity index (χ0n) is 15.1. The van der Waals surface area contributed by atoms with E-state index in [9.17, 15) is 13.2 Å². The minimum absolute atomic E-state index is 0.212. The molecule has 2 aromatic carbocycles. The number of hydrogen-bond acceptors (Lipinski definition) is 3. The normalized spacial score (nSPS) is 16.4. The zero-order valence-corrected chi connectivity index (χ0v) is 15.9. The van der Waals surface area contributed by atoms with Crippen LogP contribution in [-0.2, 0) is 10.0 Å². The molecule has 0 bridgehead atoms. The molecule has 0 fully saturated rings. The first kappa shape index (κ1) is 18.9. The monoisotopic (exact) mass is 380 g/mol. The fourth-order valence-corrected chi connectivity index (χ4v) is 3.67. The van der Waals surface area contributed by atoms with Crippen molar-refractivity contribution in [2.24, 2.45) is 4.99 Å². The van der Waals surface area contributed by atoms with Gasteiger partial charge in [-0.25, -0.2) is 18.1 Å². The molecule has 0 atom stereocenters. The summed E-state index contributed by atoms with van der Waals surface area (Å²) in [6.07, 6.45) is 6.59. The molecule has 138 valence electrons. The summed E-state index contributed by atoms with van der Waals surface area (Å²) in [7, 11) is -3.62. The van der Waals surface area contributed by atoms with E-state index in [1.54, 1.807) is 60.7 Å². The van der Waals surface area contributed by atoms with Crippen molar-refractivity contribution in [3.63, 3.8) is 0 Å². The van der Waals surface area contributed by atoms with Crippen molar-refractivity contribution >= 4 is 21.6 Å². The highest BCUT2D eigenvalue weighted by Crippen LogP contribution is 2.13. The molecule has 2 aromatic rings. The number of aliphatic imine (C=N–C) groups is 1. The molecule has 1 aliphatic carbocycles. The van der Waals surface area contributed by atoms with Crippen LogP contribution in [0.4, 0.5) is 0 Å². The van der Waals surface area contributed by atoms with E-state index in [2.05, 4.69) is 9.71 Å². The number of sulfonamides is 1. The molecule has 3 rings (SSSR count). The second-order valence-corrected chi connectivity index (χ2v) is 8.10. The summed E-state index contributed by atoms with van der Waals surface area (Å²) < 4.78 is 27.4. The molecule has 27 heavy (non-hydrogen) atoms. The Morgan fingerprint density at radius 1 is 0.889 bits per heavy atom. The summed E-state index contributed by atoms with van der Waals surface area (Å²) in [5.74, 6) is -0.335. The average molecular weight is 380 g/mol. The Balaban J connectivity index is 1.68. The van der Waals surface area contributed by atoms with Crippen LogP contribution in [0.25, 0.3) is 0 Å². The molecule has 0 aliphatic heterocycles. The lowest BCUT2D eigenvalue weighted by molar-refractivity contribution is 0.100. The topological polar surface area (TPSA) is 75.6 Å². The second kappa shape index (κ2) is 7.82. The Hall–Kier alpha value is -2.83. The molecule has 0 saturated heterocycles. The molecular weight excluding hydrogens is 360 g/mol. The molecule has 5 nitrogen and oxygen atoms in total. The van der Waals surface area contributed by atoms with Crippen molar-refractivity contribution in [3.8, 4) is 0 Å². The van der Waals surface area contributed by atoms with Gasteiger partial charge in [0, 0.05) is 5.56 Å². The van der Waals surface area contributed by atoms with Crippen molar-refractivity contribution < 1.29 is 13.2 Å². The van der Waals surface area contributed by atoms with E-state index in [0.717, 1.165) is 11.1 Å². The summed E-state index contributed by atoms with van der Waals surface area (Å²) in [6, 6.07) is 13.3. The standard InChI is InChI=1S/C21H20N2O3S/c1-15-3-7-17(8-4-15)21(24)22-18-9-11-19(12-10-18)23-27(25,26)20-13-5-16(2)6-14-20/h3-14,19,23H,1-2H3. The van der Waals surface area contributed by atoms with E-state index in [1.165, 1.54) is 0 Å². The van der Waals surface area contributed by atoms with Crippen LogP contribution in [0.3, 0.4) is 0 Å². The maximum absolute atomic E-state index is 12.4. The van der Waals surface area contributed by atoms with Gasteiger partial charge in [0.05, 0.1) is 16.6 Å². The summed E-state index contributed by atoms with van der Waals surface area (Å²) >= 11 is 0. The predicted octanol–water partition coefficient (Wildman–Crippen LogP) is 3.36. The summed E-state index contributed by atoms with van der Waals surface area (Å²) in [5.41, 5.74) is 3.05. The van der Waals surface area contributed by atoms with Crippen LogP contribution < -0.4 is 4.72 Å². The summed E-state index contributed by atoms with van der Waals surface area (Å²) in [4.78, 5) is 16.5. The number of benzene rings is 2. The van der Waals surface area contributed by atoms with Crippen molar-refractivity contribution in [2.75, 3.05) is 0 Å². The number of aryl methyl sites for hydroxylation is 2. The molecule has 0 radical (unpaired) electrons. The number of hydrogen-bond donors (Lipinski definition) is 1. The van der Waals surface area contributed by atoms with Gasteiger partial charge in [0.1, 0.15) is 0 Å². The third kappa shape index (κ3) is 4.87. The first-order valence-electron chi connectivity index (χ1n) is 8.49. The van der Waals surface area contributed by atoms with Crippen LogP contribution >= 0.6 is 0 Å². The second-order valence-electron chi connectivity index (χ2n) is 6.39. The highest BCUT2D eigenvalue weighted by Gasteiger charge is 2.18. The van der Waals surface area contributed by atoms with E-state index < -0.39 is 16.1 Å². The maximum Gasteiger partial charge on any atom is 0.277 e. The predicted molar refractivity (Wildman–Crippen MR) is 107 cm³/mol. The third-order valence-corrected chi connectivity index (χ3v) is 5.58. The van der Waals surface area contributed by atoms with E-state index in [-0.39, 0.29) is 10.8 Å². The van der Waals surface area contributed by atoms with Crippen LogP contribution in [0.2, 0.25) is 0 Å². The lowest BCUT2D eigenvalue weighted by Crippen LogP contribution is -2.33. The molecule has 1 amide bonds. The number of rotatable bonds is 4. The van der Waals surface area contributed by atoms with Crippen LogP contribution in [0.5, 0.6) is 0 Å². The smallest absolute Gasteiger partial charge is 0.267 e. The molecule has 6 heteroatoms. The number of allylic oxidation sites excluding steroid dienone is 2. The molecule has 0 unspecified atom stereocenters. The number of carbonyl (C=O) groups excluding carboxylic acids is 1. The number of nitrogens with one attached hydrogen (secondary N) is 1. The van der Waals surface area contributed by atoms with Crippen molar-refractivity contribution in [3.05, 3.63) is 89.5 Å². The Bertz CT molecular complexity index is 1020. The molecule has 1 N–H and O–H groups in total. The summed E-state index contributed by atoms with van der Waals surface area (Å²) in [5, 5.41) is 0. The van der Waals surface area contributed by atoms with Gasteiger partial charge in [-0.15, -0.1) is 0 Å². The molecular formula is C21H20N2O3S. The van der Waals surface area contributed by atoms with Crippen LogP contribution in [0.15, 0.2) is 82.7 Å². The average Bonchev–Trinajstić information content (AvgIpc) is 2.64. The Labute approximate surface area is 159 Å². The number of carbonyl (C=O) groups is 1. The molecule has 0 heterocycles. The van der Waals surface area contributed by atoms with Crippen LogP contribution in [0, 0.1) is 13.8 Å². The molecule has 0 saturated carbocycles. The van der Waals surface area contributed by atoms with Crippen molar-refractivity contribution in [2.45, 2.75) is 24.8 Å². The Kier molecular flexibility index (Phi) is 5.48. The molecule has 0 spiro atoms. The van der Waals surface area contributed by atoms with Gasteiger partial charge in [0.15, 0.2) is 0 Å². The van der Waals surface area contributed by atoms with Crippen LogP contribution in [-0.4, -0.2) is 26.1 Å². The molecule has 0 aromatic heterocycles. The first-order valence-corrected chi connectivity index (χ1v) is 9.97. The van der Waals surface area contributed by atoms with Gasteiger partial charge < -0.3 is 0 Å². The lowest BCUT2D eigenvalue weighted by Gasteiger charge is -2.14. The van der Waals surface area contributed by atoms with Gasteiger partial charge in [-0.05, 0) is 50.3 Å². The fourth-order valence-electron chi connectivity index (χ4n) is 2.52. The van der Waals surface area contributed by atoms with Gasteiger partial charge in [0.2, 0.25) is 10.0 Å².